The molecule has 0 spiro atoms. The predicted octanol–water partition coefficient (Wildman–Crippen LogP) is 4.48. The van der Waals surface area contributed by atoms with Gasteiger partial charge in [-0.1, -0.05) is 6.07 Å². The normalized spacial score (nSPS) is 18.4. The molecular weight excluding hydrogens is 399 g/mol. The maximum Gasteiger partial charge on any atom is 0.141 e. The smallest absolute Gasteiger partial charge is 0.141 e. The molecule has 7 heteroatoms. The summed E-state index contributed by atoms with van der Waals surface area (Å²) in [6.45, 7) is 3.59. The molecule has 27 heavy (non-hydrogen) atoms. The fourth-order valence-electron chi connectivity index (χ4n) is 3.99. The molecule has 2 aromatic rings. The molecule has 0 atom stereocenters. The number of thiophene rings is 1. The highest BCUT2D eigenvalue weighted by Gasteiger charge is 2.27. The molecule has 1 aromatic heterocycles. The van der Waals surface area contributed by atoms with Crippen LogP contribution in [0.4, 0.5) is 11.4 Å². The van der Waals surface area contributed by atoms with Gasteiger partial charge in [-0.25, -0.2) is 4.99 Å². The van der Waals surface area contributed by atoms with E-state index in [2.05, 4.69) is 40.0 Å². The lowest BCUT2D eigenvalue weighted by molar-refractivity contribution is 0.248. The molecule has 4 rings (SSSR count). The second-order valence-electron chi connectivity index (χ2n) is 7.12. The molecule has 2 aliphatic heterocycles. The first kappa shape index (κ1) is 22.0. The van der Waals surface area contributed by atoms with E-state index in [-0.39, 0.29) is 24.8 Å². The number of aliphatic imine (C=N–C) groups is 1. The summed E-state index contributed by atoms with van der Waals surface area (Å²) in [5, 5.41) is 2.03. The second-order valence-corrected chi connectivity index (χ2v) is 8.07. The first-order chi connectivity index (χ1) is 12.2. The van der Waals surface area contributed by atoms with Gasteiger partial charge in [-0.05, 0) is 81.0 Å². The minimum absolute atomic E-state index is 0. The van der Waals surface area contributed by atoms with Gasteiger partial charge in [0.15, 0.2) is 0 Å². The summed E-state index contributed by atoms with van der Waals surface area (Å²) in [6.07, 6.45) is 4.90. The summed E-state index contributed by atoms with van der Waals surface area (Å²) in [5.41, 5.74) is 9.95. The van der Waals surface area contributed by atoms with E-state index >= 15 is 0 Å². The average molecular weight is 427 g/mol. The van der Waals surface area contributed by atoms with Crippen LogP contribution in [0.1, 0.15) is 29.7 Å². The van der Waals surface area contributed by atoms with E-state index in [4.69, 9.17) is 5.73 Å². The van der Waals surface area contributed by atoms with Crippen molar-refractivity contribution >= 4 is 53.4 Å². The van der Waals surface area contributed by atoms with Crippen molar-refractivity contribution in [3.63, 3.8) is 0 Å². The number of rotatable bonds is 3. The number of hydrogen-bond donors (Lipinski definition) is 1. The van der Waals surface area contributed by atoms with Crippen LogP contribution in [-0.4, -0.2) is 43.5 Å². The molecule has 3 heterocycles. The van der Waals surface area contributed by atoms with Crippen LogP contribution in [0.2, 0.25) is 0 Å². The van der Waals surface area contributed by atoms with Gasteiger partial charge in [0, 0.05) is 18.3 Å². The topological polar surface area (TPSA) is 44.9 Å². The summed E-state index contributed by atoms with van der Waals surface area (Å²) in [6, 6.07) is 11.3. The quantitative estimate of drug-likeness (QED) is 0.581. The summed E-state index contributed by atoms with van der Waals surface area (Å²) in [7, 11) is 2.22. The van der Waals surface area contributed by atoms with Crippen molar-refractivity contribution in [2.45, 2.75) is 31.7 Å². The summed E-state index contributed by atoms with van der Waals surface area (Å²) in [4.78, 5) is 10.7. The number of anilines is 1. The van der Waals surface area contributed by atoms with Crippen LogP contribution in [0.25, 0.3) is 0 Å². The zero-order valence-corrected chi connectivity index (χ0v) is 18.1. The Kier molecular flexibility index (Phi) is 7.98. The monoisotopic (exact) mass is 426 g/mol. The Bertz CT molecular complexity index is 755. The van der Waals surface area contributed by atoms with Crippen molar-refractivity contribution in [2.75, 3.05) is 31.6 Å². The van der Waals surface area contributed by atoms with Gasteiger partial charge in [0.1, 0.15) is 5.84 Å². The number of hydrogen-bond acceptors (Lipinski definition) is 4. The third-order valence-electron chi connectivity index (χ3n) is 5.37. The third-order valence-corrected chi connectivity index (χ3v) is 6.26. The molecule has 148 valence electrons. The van der Waals surface area contributed by atoms with Gasteiger partial charge in [-0.2, -0.15) is 0 Å². The standard InChI is InChI=1S/C20H26N4S.2ClH/c1-23-11-8-17(9-12-23)24-10-2-4-15-14-16(6-7-18(15)24)22-20(21)19-5-3-13-25-19;;/h3,5-7,13-14,17H,2,4,8-12H2,1H3,(H2,21,22);2*1H. The molecule has 1 fully saturated rings. The Morgan fingerprint density at radius 1 is 1.15 bits per heavy atom. The predicted molar refractivity (Wildman–Crippen MR) is 122 cm³/mol. The Labute approximate surface area is 178 Å². The molecule has 1 saturated heterocycles. The van der Waals surface area contributed by atoms with Crippen molar-refractivity contribution in [1.29, 1.82) is 0 Å². The molecule has 0 bridgehead atoms. The van der Waals surface area contributed by atoms with Gasteiger partial charge < -0.3 is 15.5 Å². The molecule has 4 nitrogen and oxygen atoms in total. The molecule has 2 N–H and O–H groups in total. The number of likely N-dealkylation sites (tertiary alicyclic amines) is 1. The molecule has 0 radical (unpaired) electrons. The SMILES string of the molecule is CN1CCC(N2CCCc3cc(N=C(N)c4cccs4)ccc32)CC1.Cl.Cl. The Balaban J connectivity index is 0.00000131. The van der Waals surface area contributed by atoms with Gasteiger partial charge in [0.25, 0.3) is 0 Å². The van der Waals surface area contributed by atoms with Gasteiger partial charge in [0.2, 0.25) is 0 Å². The number of aryl methyl sites for hydroxylation is 1. The zero-order chi connectivity index (χ0) is 17.2. The number of halogens is 2. The lowest BCUT2D eigenvalue weighted by atomic mass is 9.95. The molecular formula is C20H28Cl2N4S. The van der Waals surface area contributed by atoms with Crippen LogP contribution in [0.3, 0.4) is 0 Å². The van der Waals surface area contributed by atoms with Crippen LogP contribution in [-0.2, 0) is 6.42 Å². The molecule has 2 aliphatic rings. The Hall–Kier alpha value is -1.27. The van der Waals surface area contributed by atoms with E-state index < -0.39 is 0 Å². The maximum atomic E-state index is 6.15. The number of amidine groups is 1. The van der Waals surface area contributed by atoms with Crippen LogP contribution in [0.15, 0.2) is 40.7 Å². The zero-order valence-electron chi connectivity index (χ0n) is 15.6. The molecule has 0 amide bonds. The van der Waals surface area contributed by atoms with Crippen LogP contribution in [0, 0.1) is 0 Å². The number of benzene rings is 1. The first-order valence-corrected chi connectivity index (χ1v) is 10.0. The van der Waals surface area contributed by atoms with E-state index in [9.17, 15) is 0 Å². The lowest BCUT2D eigenvalue weighted by Crippen LogP contribution is -2.45. The highest BCUT2D eigenvalue weighted by atomic mass is 35.5. The van der Waals surface area contributed by atoms with Gasteiger partial charge >= 0.3 is 0 Å². The highest BCUT2D eigenvalue weighted by molar-refractivity contribution is 7.12. The van der Waals surface area contributed by atoms with Crippen molar-refractivity contribution in [3.8, 4) is 0 Å². The van der Waals surface area contributed by atoms with Crippen LogP contribution in [0.5, 0.6) is 0 Å². The van der Waals surface area contributed by atoms with E-state index in [1.54, 1.807) is 11.3 Å². The lowest BCUT2D eigenvalue weighted by Gasteiger charge is -2.41. The van der Waals surface area contributed by atoms with Crippen molar-refractivity contribution in [1.82, 2.24) is 4.90 Å². The van der Waals surface area contributed by atoms with Crippen molar-refractivity contribution in [3.05, 3.63) is 46.2 Å². The largest absolute Gasteiger partial charge is 0.383 e. The van der Waals surface area contributed by atoms with E-state index in [1.165, 1.54) is 50.1 Å². The molecule has 1 aromatic carbocycles. The van der Waals surface area contributed by atoms with E-state index in [0.717, 1.165) is 17.0 Å². The fraction of sp³-hybridized carbons (Fsp3) is 0.450. The average Bonchev–Trinajstić information content (AvgIpc) is 3.17. The first-order valence-electron chi connectivity index (χ1n) is 9.17. The number of piperidine rings is 1. The summed E-state index contributed by atoms with van der Waals surface area (Å²) >= 11 is 1.63. The van der Waals surface area contributed by atoms with Crippen LogP contribution >= 0.6 is 36.2 Å². The fourth-order valence-corrected chi connectivity index (χ4v) is 4.61. The summed E-state index contributed by atoms with van der Waals surface area (Å²) in [5.74, 6) is 0.609. The van der Waals surface area contributed by atoms with Gasteiger partial charge in [-0.15, -0.1) is 36.2 Å². The second kappa shape index (κ2) is 9.78. The van der Waals surface area contributed by atoms with Gasteiger partial charge in [0.05, 0.1) is 10.6 Å². The van der Waals surface area contributed by atoms with Gasteiger partial charge in [-0.3, -0.25) is 0 Å². The molecule has 0 aliphatic carbocycles. The summed E-state index contributed by atoms with van der Waals surface area (Å²) < 4.78 is 0. The Morgan fingerprint density at radius 2 is 1.93 bits per heavy atom. The highest BCUT2D eigenvalue weighted by Crippen LogP contribution is 2.34. The van der Waals surface area contributed by atoms with Crippen molar-refractivity contribution in [2.24, 2.45) is 10.7 Å². The number of nitrogens with zero attached hydrogens (tertiary/aromatic N) is 3. The molecule has 0 unspecified atom stereocenters. The third kappa shape index (κ3) is 4.96. The van der Waals surface area contributed by atoms with Crippen molar-refractivity contribution < 1.29 is 0 Å². The maximum absolute atomic E-state index is 6.15. The van der Waals surface area contributed by atoms with E-state index in [1.807, 2.05) is 17.5 Å². The minimum Gasteiger partial charge on any atom is -0.383 e. The number of nitrogens with two attached hydrogens (primary N) is 1. The minimum atomic E-state index is 0. The van der Waals surface area contributed by atoms with Crippen LogP contribution < -0.4 is 10.6 Å². The molecule has 0 saturated carbocycles. The Morgan fingerprint density at radius 3 is 2.63 bits per heavy atom. The number of fused-ring (bicyclic) bond motifs is 1. The van der Waals surface area contributed by atoms with E-state index in [0.29, 0.717) is 11.9 Å².